The van der Waals surface area contributed by atoms with Gasteiger partial charge in [0, 0.05) is 12.9 Å². The predicted octanol–water partition coefficient (Wildman–Crippen LogP) is 0.245. The highest BCUT2D eigenvalue weighted by Crippen LogP contribution is 2.37. The highest BCUT2D eigenvalue weighted by atomic mass is 32.2. The van der Waals surface area contributed by atoms with Crippen LogP contribution in [0.1, 0.15) is 25.7 Å². The molecule has 0 bridgehead atoms. The van der Waals surface area contributed by atoms with Crippen LogP contribution in [0, 0.1) is 11.3 Å². The van der Waals surface area contributed by atoms with E-state index in [-0.39, 0.29) is 13.2 Å². The van der Waals surface area contributed by atoms with Crippen LogP contribution in [-0.4, -0.2) is 43.8 Å². The van der Waals surface area contributed by atoms with E-state index < -0.39 is 20.7 Å². The molecule has 1 aliphatic rings. The Bertz CT molecular complexity index is 373. The third-order valence-electron chi connectivity index (χ3n) is 2.90. The van der Waals surface area contributed by atoms with Crippen molar-refractivity contribution in [1.82, 2.24) is 0 Å². The highest BCUT2D eigenvalue weighted by Gasteiger charge is 2.49. The Labute approximate surface area is 95.9 Å². The number of hydrogen-bond donors (Lipinski definition) is 1. The van der Waals surface area contributed by atoms with Gasteiger partial charge in [0.1, 0.15) is 5.25 Å². The number of aliphatic hydroxyl groups excluding tert-OH is 1. The summed E-state index contributed by atoms with van der Waals surface area (Å²) in [6.07, 6.45) is 3.17. The van der Waals surface area contributed by atoms with Crippen LogP contribution in [-0.2, 0) is 14.6 Å². The first-order valence-electron chi connectivity index (χ1n) is 5.31. The van der Waals surface area contributed by atoms with Crippen molar-refractivity contribution in [3.63, 3.8) is 0 Å². The zero-order valence-electron chi connectivity index (χ0n) is 9.35. The van der Waals surface area contributed by atoms with Gasteiger partial charge in [0.05, 0.1) is 12.7 Å². The summed E-state index contributed by atoms with van der Waals surface area (Å²) < 4.78 is 28.5. The summed E-state index contributed by atoms with van der Waals surface area (Å²) in [5.74, 6) is 0. The van der Waals surface area contributed by atoms with Gasteiger partial charge in [-0.1, -0.05) is 0 Å². The fourth-order valence-corrected chi connectivity index (χ4v) is 3.67. The minimum Gasteiger partial charge on any atom is -0.396 e. The first kappa shape index (κ1) is 13.4. The maximum atomic E-state index is 11.6. The van der Waals surface area contributed by atoms with Gasteiger partial charge >= 0.3 is 0 Å². The van der Waals surface area contributed by atoms with E-state index >= 15 is 0 Å². The van der Waals surface area contributed by atoms with Crippen molar-refractivity contribution >= 4 is 9.84 Å². The molecule has 0 amide bonds. The van der Waals surface area contributed by atoms with E-state index in [1.807, 2.05) is 6.07 Å². The number of hydrogen-bond acceptors (Lipinski definition) is 5. The minimum atomic E-state index is -3.27. The van der Waals surface area contributed by atoms with Gasteiger partial charge in [-0.3, -0.25) is 0 Å². The van der Waals surface area contributed by atoms with E-state index in [9.17, 15) is 8.42 Å². The zero-order chi connectivity index (χ0) is 12.2. The number of rotatable bonds is 5. The predicted molar refractivity (Wildman–Crippen MR) is 58.5 cm³/mol. The largest absolute Gasteiger partial charge is 0.396 e. The standard InChI is InChI=1S/C10H17NO4S/c1-16(13,14)9-4-2-5-10(9,8-11)15-7-3-6-12/h9,12H,2-7H2,1H3. The second kappa shape index (κ2) is 5.13. The lowest BCUT2D eigenvalue weighted by Crippen LogP contribution is -2.43. The molecule has 1 saturated carbocycles. The Morgan fingerprint density at radius 1 is 1.62 bits per heavy atom. The summed E-state index contributed by atoms with van der Waals surface area (Å²) in [5.41, 5.74) is -1.21. The van der Waals surface area contributed by atoms with Crippen LogP contribution >= 0.6 is 0 Å². The van der Waals surface area contributed by atoms with Crippen LogP contribution in [0.2, 0.25) is 0 Å². The van der Waals surface area contributed by atoms with Gasteiger partial charge in [0.25, 0.3) is 0 Å². The molecule has 0 aromatic heterocycles. The molecule has 0 saturated heterocycles. The van der Waals surface area contributed by atoms with Crippen LogP contribution in [0.25, 0.3) is 0 Å². The van der Waals surface area contributed by atoms with Crippen molar-refractivity contribution in [2.24, 2.45) is 0 Å². The van der Waals surface area contributed by atoms with E-state index in [0.717, 1.165) is 6.26 Å². The van der Waals surface area contributed by atoms with Gasteiger partial charge in [0.15, 0.2) is 15.4 Å². The molecular formula is C10H17NO4S. The van der Waals surface area contributed by atoms with E-state index in [0.29, 0.717) is 25.7 Å². The summed E-state index contributed by atoms with van der Waals surface area (Å²) in [7, 11) is -3.27. The topological polar surface area (TPSA) is 87.4 Å². The lowest BCUT2D eigenvalue weighted by atomic mass is 10.0. The van der Waals surface area contributed by atoms with Crippen LogP contribution < -0.4 is 0 Å². The summed E-state index contributed by atoms with van der Waals surface area (Å²) >= 11 is 0. The number of nitrogens with zero attached hydrogens (tertiary/aromatic N) is 1. The molecule has 0 aromatic rings. The minimum absolute atomic E-state index is 0.0228. The first-order valence-corrected chi connectivity index (χ1v) is 7.26. The van der Waals surface area contributed by atoms with Crippen molar-refractivity contribution < 1.29 is 18.3 Å². The molecule has 1 aliphatic carbocycles. The second-order valence-corrected chi connectivity index (χ2v) is 6.37. The second-order valence-electron chi connectivity index (χ2n) is 4.14. The lowest BCUT2D eigenvalue weighted by Gasteiger charge is -2.27. The quantitative estimate of drug-likeness (QED) is 0.703. The van der Waals surface area contributed by atoms with Crippen molar-refractivity contribution in [3.8, 4) is 6.07 Å². The van der Waals surface area contributed by atoms with E-state index in [4.69, 9.17) is 15.1 Å². The molecular weight excluding hydrogens is 230 g/mol. The SMILES string of the molecule is CS(=O)(=O)C1CCCC1(C#N)OCCCO. The molecule has 2 atom stereocenters. The Hall–Kier alpha value is -0.640. The van der Waals surface area contributed by atoms with Crippen molar-refractivity contribution in [1.29, 1.82) is 5.26 Å². The van der Waals surface area contributed by atoms with Crippen LogP contribution in [0.4, 0.5) is 0 Å². The molecule has 6 heteroatoms. The molecule has 0 heterocycles. The fourth-order valence-electron chi connectivity index (χ4n) is 2.15. The molecule has 0 aromatic carbocycles. The Balaban J connectivity index is 2.82. The number of sulfone groups is 1. The van der Waals surface area contributed by atoms with E-state index in [2.05, 4.69) is 0 Å². The highest BCUT2D eigenvalue weighted by molar-refractivity contribution is 7.91. The summed E-state index contributed by atoms with van der Waals surface area (Å²) in [5, 5.41) is 17.1. The average Bonchev–Trinajstić information content (AvgIpc) is 2.62. The lowest BCUT2D eigenvalue weighted by molar-refractivity contribution is -0.000983. The summed E-state index contributed by atoms with van der Waals surface area (Å²) in [6, 6.07) is 2.01. The molecule has 1 rings (SSSR count). The number of aliphatic hydroxyl groups is 1. The van der Waals surface area contributed by atoms with Crippen molar-refractivity contribution in [3.05, 3.63) is 0 Å². The molecule has 92 valence electrons. The zero-order valence-corrected chi connectivity index (χ0v) is 10.2. The third-order valence-corrected chi connectivity index (χ3v) is 4.55. The van der Waals surface area contributed by atoms with Gasteiger partial charge in [-0.05, 0) is 25.7 Å². The number of nitriles is 1. The third kappa shape index (κ3) is 2.73. The smallest absolute Gasteiger partial charge is 0.170 e. The Morgan fingerprint density at radius 3 is 2.81 bits per heavy atom. The molecule has 5 nitrogen and oxygen atoms in total. The first-order chi connectivity index (χ1) is 7.46. The van der Waals surface area contributed by atoms with Crippen LogP contribution in [0.15, 0.2) is 0 Å². The molecule has 0 aliphatic heterocycles. The maximum absolute atomic E-state index is 11.6. The summed E-state index contributed by atoms with van der Waals surface area (Å²) in [4.78, 5) is 0. The fraction of sp³-hybridized carbons (Fsp3) is 0.900. The molecule has 1 N–H and O–H groups in total. The molecule has 0 spiro atoms. The van der Waals surface area contributed by atoms with Gasteiger partial charge in [-0.2, -0.15) is 5.26 Å². The Kier molecular flexibility index (Phi) is 4.30. The normalized spacial score (nSPS) is 30.2. The monoisotopic (exact) mass is 247 g/mol. The van der Waals surface area contributed by atoms with Gasteiger partial charge in [-0.25, -0.2) is 8.42 Å². The average molecular weight is 247 g/mol. The van der Waals surface area contributed by atoms with Gasteiger partial charge in [-0.15, -0.1) is 0 Å². The van der Waals surface area contributed by atoms with Crippen LogP contribution in [0.5, 0.6) is 0 Å². The van der Waals surface area contributed by atoms with Crippen LogP contribution in [0.3, 0.4) is 0 Å². The maximum Gasteiger partial charge on any atom is 0.170 e. The molecule has 2 unspecified atom stereocenters. The Morgan fingerprint density at radius 2 is 2.31 bits per heavy atom. The molecule has 1 fully saturated rings. The molecule has 0 radical (unpaired) electrons. The van der Waals surface area contributed by atoms with Crippen molar-refractivity contribution in [2.45, 2.75) is 36.5 Å². The van der Waals surface area contributed by atoms with E-state index in [1.54, 1.807) is 0 Å². The van der Waals surface area contributed by atoms with E-state index in [1.165, 1.54) is 0 Å². The summed E-state index contributed by atoms with van der Waals surface area (Å²) in [6.45, 7) is 0.196. The number of ether oxygens (including phenoxy) is 1. The molecule has 16 heavy (non-hydrogen) atoms. The van der Waals surface area contributed by atoms with Crippen molar-refractivity contribution in [2.75, 3.05) is 19.5 Å². The van der Waals surface area contributed by atoms with Gasteiger partial charge in [0.2, 0.25) is 0 Å². The van der Waals surface area contributed by atoms with Gasteiger partial charge < -0.3 is 9.84 Å².